The smallest absolute Gasteiger partial charge is 0.416 e. The number of carbonyl (C=O) groups excluding carboxylic acids is 1. The second kappa shape index (κ2) is 9.57. The van der Waals surface area contributed by atoms with Crippen molar-refractivity contribution in [2.24, 2.45) is 0 Å². The van der Waals surface area contributed by atoms with Crippen LogP contribution in [-0.4, -0.2) is 19.1 Å². The van der Waals surface area contributed by atoms with Gasteiger partial charge in [-0.1, -0.05) is 30.5 Å². The van der Waals surface area contributed by atoms with Crippen LogP contribution in [0.15, 0.2) is 30.9 Å². The van der Waals surface area contributed by atoms with Crippen molar-refractivity contribution in [1.82, 2.24) is 0 Å². The maximum atomic E-state index is 12.8. The van der Waals surface area contributed by atoms with Gasteiger partial charge in [0.15, 0.2) is 0 Å². The van der Waals surface area contributed by atoms with Crippen LogP contribution < -0.4 is 5.32 Å². The molecule has 134 valence electrons. The minimum atomic E-state index is -4.51. The number of hydrogen-bond donors (Lipinski definition) is 1. The minimum Gasteiger partial charge on any atom is -0.467 e. The van der Waals surface area contributed by atoms with E-state index in [2.05, 4.69) is 11.9 Å². The predicted molar refractivity (Wildman–Crippen MR) is 89.2 cm³/mol. The highest BCUT2D eigenvalue weighted by atomic mass is 35.5. The lowest BCUT2D eigenvalue weighted by Crippen LogP contribution is -2.30. The molecule has 1 aromatic rings. The standard InChI is InChI=1S/C17H21ClF3NO2/c1-3-4-5-6-7-8-15(16(23)24-2)22-14-10-12(17(19,20)21)9-13(18)11-14/h3,9-11,15,22H,1,4-8H2,2H3. The van der Waals surface area contributed by atoms with E-state index in [1.807, 2.05) is 6.08 Å². The molecule has 0 heterocycles. The monoisotopic (exact) mass is 363 g/mol. The Balaban J connectivity index is 2.80. The molecule has 0 bridgehead atoms. The Kier molecular flexibility index (Phi) is 8.11. The normalized spacial score (nSPS) is 12.5. The highest BCUT2D eigenvalue weighted by Gasteiger charge is 2.31. The van der Waals surface area contributed by atoms with Crippen LogP contribution in [0.25, 0.3) is 0 Å². The number of benzene rings is 1. The molecule has 24 heavy (non-hydrogen) atoms. The molecular weight excluding hydrogens is 343 g/mol. The van der Waals surface area contributed by atoms with E-state index in [9.17, 15) is 18.0 Å². The Bertz CT molecular complexity index is 561. The third kappa shape index (κ3) is 6.83. The Hall–Kier alpha value is -1.69. The largest absolute Gasteiger partial charge is 0.467 e. The predicted octanol–water partition coefficient (Wildman–Crippen LogP) is 5.45. The van der Waals surface area contributed by atoms with Gasteiger partial charge in [0, 0.05) is 10.7 Å². The maximum Gasteiger partial charge on any atom is 0.416 e. The fourth-order valence-corrected chi connectivity index (χ4v) is 2.48. The van der Waals surface area contributed by atoms with Crippen LogP contribution in [0.4, 0.5) is 18.9 Å². The summed E-state index contributed by atoms with van der Waals surface area (Å²) in [6.45, 7) is 3.64. The summed E-state index contributed by atoms with van der Waals surface area (Å²) in [6, 6.07) is 2.40. The Morgan fingerprint density at radius 3 is 2.62 bits per heavy atom. The number of rotatable bonds is 9. The SMILES string of the molecule is C=CCCCCCC(Nc1cc(Cl)cc(C(F)(F)F)c1)C(=O)OC. The van der Waals surface area contributed by atoms with Gasteiger partial charge in [-0.15, -0.1) is 6.58 Å². The number of nitrogens with one attached hydrogen (secondary N) is 1. The average Bonchev–Trinajstić information content (AvgIpc) is 2.51. The van der Waals surface area contributed by atoms with Crippen molar-refractivity contribution in [3.05, 3.63) is 41.4 Å². The molecule has 1 unspecified atom stereocenters. The van der Waals surface area contributed by atoms with Crippen LogP contribution in [0.1, 0.15) is 37.7 Å². The lowest BCUT2D eigenvalue weighted by atomic mass is 10.1. The van der Waals surface area contributed by atoms with Gasteiger partial charge in [-0.3, -0.25) is 0 Å². The number of alkyl halides is 3. The number of allylic oxidation sites excluding steroid dienone is 1. The average molecular weight is 364 g/mol. The number of anilines is 1. The van der Waals surface area contributed by atoms with Crippen molar-refractivity contribution in [3.8, 4) is 0 Å². The van der Waals surface area contributed by atoms with E-state index in [0.29, 0.717) is 6.42 Å². The number of halogens is 4. The molecule has 0 radical (unpaired) electrons. The van der Waals surface area contributed by atoms with Crippen molar-refractivity contribution in [1.29, 1.82) is 0 Å². The van der Waals surface area contributed by atoms with Gasteiger partial charge < -0.3 is 10.1 Å². The summed E-state index contributed by atoms with van der Waals surface area (Å²) in [5.74, 6) is -0.521. The summed E-state index contributed by atoms with van der Waals surface area (Å²) in [5, 5.41) is 2.74. The third-order valence-electron chi connectivity index (χ3n) is 3.45. The van der Waals surface area contributed by atoms with Crippen LogP contribution in [0, 0.1) is 0 Å². The number of esters is 1. The Labute approximate surface area is 144 Å². The van der Waals surface area contributed by atoms with E-state index in [1.165, 1.54) is 13.2 Å². The van der Waals surface area contributed by atoms with Gasteiger partial charge in [-0.05, 0) is 37.5 Å². The number of unbranched alkanes of at least 4 members (excludes halogenated alkanes) is 3. The molecule has 0 aromatic heterocycles. The van der Waals surface area contributed by atoms with Gasteiger partial charge >= 0.3 is 12.1 Å². The molecule has 0 aliphatic carbocycles. The molecule has 0 saturated carbocycles. The number of carbonyl (C=O) groups is 1. The molecule has 1 N–H and O–H groups in total. The molecule has 7 heteroatoms. The highest BCUT2D eigenvalue weighted by Crippen LogP contribution is 2.33. The topological polar surface area (TPSA) is 38.3 Å². The summed E-state index contributed by atoms with van der Waals surface area (Å²) in [5.41, 5.74) is -0.733. The fraction of sp³-hybridized carbons (Fsp3) is 0.471. The minimum absolute atomic E-state index is 0.0538. The first kappa shape index (κ1) is 20.4. The van der Waals surface area contributed by atoms with Crippen LogP contribution in [0.3, 0.4) is 0 Å². The van der Waals surface area contributed by atoms with Crippen molar-refractivity contribution < 1.29 is 22.7 Å². The van der Waals surface area contributed by atoms with Crippen LogP contribution in [-0.2, 0) is 15.7 Å². The molecule has 0 aliphatic rings. The van der Waals surface area contributed by atoms with Gasteiger partial charge in [0.1, 0.15) is 6.04 Å². The summed E-state index contributed by atoms with van der Waals surface area (Å²) in [4.78, 5) is 11.8. The van der Waals surface area contributed by atoms with Crippen molar-refractivity contribution in [2.45, 2.75) is 44.3 Å². The van der Waals surface area contributed by atoms with E-state index in [1.54, 1.807) is 0 Å². The number of methoxy groups -OCH3 is 1. The zero-order chi connectivity index (χ0) is 18.2. The Morgan fingerprint density at radius 1 is 1.33 bits per heavy atom. The molecule has 1 atom stereocenters. The van der Waals surface area contributed by atoms with Gasteiger partial charge in [0.05, 0.1) is 12.7 Å². The molecule has 0 fully saturated rings. The van der Waals surface area contributed by atoms with Crippen molar-refractivity contribution in [3.63, 3.8) is 0 Å². The van der Waals surface area contributed by atoms with Crippen molar-refractivity contribution in [2.75, 3.05) is 12.4 Å². The van der Waals surface area contributed by atoms with Crippen LogP contribution >= 0.6 is 11.6 Å². The first-order valence-corrected chi connectivity index (χ1v) is 7.98. The molecule has 0 spiro atoms. The van der Waals surface area contributed by atoms with E-state index in [0.717, 1.165) is 37.8 Å². The zero-order valence-corrected chi connectivity index (χ0v) is 14.2. The molecule has 0 aliphatic heterocycles. The van der Waals surface area contributed by atoms with E-state index in [-0.39, 0.29) is 10.7 Å². The van der Waals surface area contributed by atoms with Gasteiger partial charge in [-0.2, -0.15) is 13.2 Å². The maximum absolute atomic E-state index is 12.8. The highest BCUT2D eigenvalue weighted by molar-refractivity contribution is 6.31. The molecule has 1 rings (SSSR count). The summed E-state index contributed by atoms with van der Waals surface area (Å²) in [6.07, 6.45) is 1.25. The van der Waals surface area contributed by atoms with Crippen LogP contribution in [0.2, 0.25) is 5.02 Å². The van der Waals surface area contributed by atoms with Gasteiger partial charge in [0.25, 0.3) is 0 Å². The molecule has 3 nitrogen and oxygen atoms in total. The lowest BCUT2D eigenvalue weighted by Gasteiger charge is -2.19. The molecule has 0 amide bonds. The molecular formula is C17H21ClF3NO2. The second-order valence-corrected chi connectivity index (χ2v) is 5.81. The zero-order valence-electron chi connectivity index (χ0n) is 13.5. The molecule has 0 saturated heterocycles. The van der Waals surface area contributed by atoms with E-state index >= 15 is 0 Å². The Morgan fingerprint density at radius 2 is 2.04 bits per heavy atom. The van der Waals surface area contributed by atoms with E-state index in [4.69, 9.17) is 16.3 Å². The quantitative estimate of drug-likeness (QED) is 0.360. The third-order valence-corrected chi connectivity index (χ3v) is 3.67. The summed E-state index contributed by atoms with van der Waals surface area (Å²) < 4.78 is 43.3. The number of ether oxygens (including phenoxy) is 1. The number of hydrogen-bond acceptors (Lipinski definition) is 3. The first-order valence-electron chi connectivity index (χ1n) is 7.61. The first-order chi connectivity index (χ1) is 11.3. The van der Waals surface area contributed by atoms with Crippen LogP contribution in [0.5, 0.6) is 0 Å². The van der Waals surface area contributed by atoms with Gasteiger partial charge in [-0.25, -0.2) is 4.79 Å². The molecule has 1 aromatic carbocycles. The van der Waals surface area contributed by atoms with Gasteiger partial charge in [0.2, 0.25) is 0 Å². The summed E-state index contributed by atoms with van der Waals surface area (Å²) >= 11 is 5.75. The lowest BCUT2D eigenvalue weighted by molar-refractivity contribution is -0.141. The van der Waals surface area contributed by atoms with E-state index < -0.39 is 23.8 Å². The van der Waals surface area contributed by atoms with Crippen molar-refractivity contribution >= 4 is 23.3 Å². The second-order valence-electron chi connectivity index (χ2n) is 5.37. The fourth-order valence-electron chi connectivity index (χ4n) is 2.24. The summed E-state index contributed by atoms with van der Waals surface area (Å²) in [7, 11) is 1.24.